The molecule has 1 aromatic carbocycles. The van der Waals surface area contributed by atoms with Crippen LogP contribution in [0.3, 0.4) is 0 Å². The van der Waals surface area contributed by atoms with Gasteiger partial charge in [-0.15, -0.1) is 0 Å². The standard InChI is InChI=1S/C12H17ClN2/c13-10-6-5-9(8-14)12(7-10)15-11-3-1-2-4-11/h5-7,11,15H,1-4,8,14H2. The van der Waals surface area contributed by atoms with E-state index < -0.39 is 0 Å². The highest BCUT2D eigenvalue weighted by atomic mass is 35.5. The van der Waals surface area contributed by atoms with Crippen molar-refractivity contribution < 1.29 is 0 Å². The van der Waals surface area contributed by atoms with E-state index in [-0.39, 0.29) is 0 Å². The summed E-state index contributed by atoms with van der Waals surface area (Å²) in [5.41, 5.74) is 7.94. The molecule has 0 bridgehead atoms. The van der Waals surface area contributed by atoms with E-state index in [2.05, 4.69) is 5.32 Å². The molecule has 0 saturated heterocycles. The summed E-state index contributed by atoms with van der Waals surface area (Å²) in [6, 6.07) is 6.47. The second kappa shape index (κ2) is 4.86. The lowest BCUT2D eigenvalue weighted by atomic mass is 10.1. The van der Waals surface area contributed by atoms with Crippen molar-refractivity contribution in [2.45, 2.75) is 38.3 Å². The zero-order valence-corrected chi connectivity index (χ0v) is 9.56. The van der Waals surface area contributed by atoms with Crippen LogP contribution in [0.2, 0.25) is 5.02 Å². The van der Waals surface area contributed by atoms with Crippen molar-refractivity contribution in [2.24, 2.45) is 5.73 Å². The van der Waals surface area contributed by atoms with Crippen LogP contribution >= 0.6 is 11.6 Å². The Morgan fingerprint density at radius 2 is 2.07 bits per heavy atom. The maximum absolute atomic E-state index is 5.98. The molecule has 1 aromatic rings. The summed E-state index contributed by atoms with van der Waals surface area (Å²) >= 11 is 5.98. The number of nitrogens with one attached hydrogen (secondary N) is 1. The fourth-order valence-corrected chi connectivity index (χ4v) is 2.32. The minimum atomic E-state index is 0.562. The number of benzene rings is 1. The molecule has 1 fully saturated rings. The quantitative estimate of drug-likeness (QED) is 0.828. The molecule has 0 heterocycles. The predicted octanol–water partition coefficient (Wildman–Crippen LogP) is 3.15. The summed E-state index contributed by atoms with van der Waals surface area (Å²) in [6.07, 6.45) is 5.18. The number of halogens is 1. The molecule has 3 N–H and O–H groups in total. The molecule has 15 heavy (non-hydrogen) atoms. The van der Waals surface area contributed by atoms with Crippen LogP contribution in [0.1, 0.15) is 31.2 Å². The first-order valence-corrected chi connectivity index (χ1v) is 5.92. The van der Waals surface area contributed by atoms with E-state index in [0.717, 1.165) is 16.3 Å². The fraction of sp³-hybridized carbons (Fsp3) is 0.500. The molecular weight excluding hydrogens is 208 g/mol. The van der Waals surface area contributed by atoms with Gasteiger partial charge < -0.3 is 11.1 Å². The highest BCUT2D eigenvalue weighted by Crippen LogP contribution is 2.26. The molecule has 0 radical (unpaired) electrons. The molecule has 82 valence electrons. The van der Waals surface area contributed by atoms with Crippen LogP contribution in [-0.4, -0.2) is 6.04 Å². The molecule has 2 rings (SSSR count). The van der Waals surface area contributed by atoms with Crippen molar-refractivity contribution in [2.75, 3.05) is 5.32 Å². The summed E-state index contributed by atoms with van der Waals surface area (Å²) < 4.78 is 0. The summed E-state index contributed by atoms with van der Waals surface area (Å²) in [5, 5.41) is 4.31. The van der Waals surface area contributed by atoms with Crippen molar-refractivity contribution in [3.8, 4) is 0 Å². The van der Waals surface area contributed by atoms with Gasteiger partial charge in [0, 0.05) is 23.3 Å². The Balaban J connectivity index is 2.14. The SMILES string of the molecule is NCc1ccc(Cl)cc1NC1CCCC1. The third-order valence-corrected chi connectivity index (χ3v) is 3.24. The Labute approximate surface area is 95.8 Å². The molecule has 1 aliphatic carbocycles. The predicted molar refractivity (Wildman–Crippen MR) is 65.2 cm³/mol. The first-order valence-electron chi connectivity index (χ1n) is 5.54. The van der Waals surface area contributed by atoms with E-state index >= 15 is 0 Å². The van der Waals surface area contributed by atoms with Crippen molar-refractivity contribution in [3.63, 3.8) is 0 Å². The van der Waals surface area contributed by atoms with Crippen molar-refractivity contribution in [3.05, 3.63) is 28.8 Å². The Hall–Kier alpha value is -0.730. The second-order valence-electron chi connectivity index (χ2n) is 4.13. The number of hydrogen-bond donors (Lipinski definition) is 2. The molecule has 0 unspecified atom stereocenters. The zero-order chi connectivity index (χ0) is 10.7. The molecule has 0 aromatic heterocycles. The van der Waals surface area contributed by atoms with Crippen LogP contribution in [0.4, 0.5) is 5.69 Å². The summed E-state index contributed by atoms with van der Waals surface area (Å²) in [5.74, 6) is 0. The lowest BCUT2D eigenvalue weighted by Crippen LogP contribution is -2.16. The third-order valence-electron chi connectivity index (χ3n) is 3.01. The van der Waals surface area contributed by atoms with E-state index in [0.29, 0.717) is 12.6 Å². The third kappa shape index (κ3) is 2.64. The van der Waals surface area contributed by atoms with E-state index in [1.807, 2.05) is 18.2 Å². The highest BCUT2D eigenvalue weighted by Gasteiger charge is 2.15. The minimum Gasteiger partial charge on any atom is -0.382 e. The van der Waals surface area contributed by atoms with Gasteiger partial charge in [-0.1, -0.05) is 30.5 Å². The number of anilines is 1. The lowest BCUT2D eigenvalue weighted by Gasteiger charge is -2.16. The first-order chi connectivity index (χ1) is 7.29. The van der Waals surface area contributed by atoms with E-state index in [1.165, 1.54) is 25.7 Å². The average Bonchev–Trinajstić information content (AvgIpc) is 2.71. The van der Waals surface area contributed by atoms with Gasteiger partial charge in [-0.05, 0) is 30.5 Å². The summed E-state index contributed by atoms with van der Waals surface area (Å²) in [7, 11) is 0. The van der Waals surface area contributed by atoms with Gasteiger partial charge in [0.1, 0.15) is 0 Å². The van der Waals surface area contributed by atoms with Crippen LogP contribution < -0.4 is 11.1 Å². The summed E-state index contributed by atoms with van der Waals surface area (Å²) in [6.45, 7) is 0.562. The van der Waals surface area contributed by atoms with Crippen LogP contribution in [0.5, 0.6) is 0 Å². The molecule has 3 heteroatoms. The van der Waals surface area contributed by atoms with Crippen LogP contribution in [0.25, 0.3) is 0 Å². The fourth-order valence-electron chi connectivity index (χ4n) is 2.15. The largest absolute Gasteiger partial charge is 0.382 e. The molecule has 2 nitrogen and oxygen atoms in total. The van der Waals surface area contributed by atoms with Gasteiger partial charge in [0.25, 0.3) is 0 Å². The van der Waals surface area contributed by atoms with Crippen molar-refractivity contribution >= 4 is 17.3 Å². The first kappa shape index (κ1) is 10.8. The number of rotatable bonds is 3. The van der Waals surface area contributed by atoms with E-state index in [4.69, 9.17) is 17.3 Å². The lowest BCUT2D eigenvalue weighted by molar-refractivity contribution is 0.753. The van der Waals surface area contributed by atoms with Crippen molar-refractivity contribution in [1.29, 1.82) is 0 Å². The van der Waals surface area contributed by atoms with Crippen LogP contribution in [0.15, 0.2) is 18.2 Å². The monoisotopic (exact) mass is 224 g/mol. The molecule has 0 atom stereocenters. The zero-order valence-electron chi connectivity index (χ0n) is 8.80. The summed E-state index contributed by atoms with van der Waals surface area (Å²) in [4.78, 5) is 0. The molecule has 0 spiro atoms. The highest BCUT2D eigenvalue weighted by molar-refractivity contribution is 6.30. The Kier molecular flexibility index (Phi) is 3.49. The maximum Gasteiger partial charge on any atom is 0.0426 e. The van der Waals surface area contributed by atoms with Gasteiger partial charge >= 0.3 is 0 Å². The number of hydrogen-bond acceptors (Lipinski definition) is 2. The Morgan fingerprint density at radius 1 is 1.33 bits per heavy atom. The van der Waals surface area contributed by atoms with Gasteiger partial charge in [0.05, 0.1) is 0 Å². The molecule has 0 aliphatic heterocycles. The van der Waals surface area contributed by atoms with Gasteiger partial charge in [-0.3, -0.25) is 0 Å². The van der Waals surface area contributed by atoms with Gasteiger partial charge in [-0.2, -0.15) is 0 Å². The molecule has 1 aliphatic rings. The average molecular weight is 225 g/mol. The van der Waals surface area contributed by atoms with E-state index in [1.54, 1.807) is 0 Å². The van der Waals surface area contributed by atoms with Gasteiger partial charge in [0.15, 0.2) is 0 Å². The van der Waals surface area contributed by atoms with Crippen LogP contribution in [-0.2, 0) is 6.54 Å². The van der Waals surface area contributed by atoms with Gasteiger partial charge in [0.2, 0.25) is 0 Å². The molecule has 0 amide bonds. The minimum absolute atomic E-state index is 0.562. The van der Waals surface area contributed by atoms with Gasteiger partial charge in [-0.25, -0.2) is 0 Å². The molecule has 1 saturated carbocycles. The smallest absolute Gasteiger partial charge is 0.0426 e. The van der Waals surface area contributed by atoms with Crippen molar-refractivity contribution in [1.82, 2.24) is 0 Å². The number of nitrogens with two attached hydrogens (primary N) is 1. The molecular formula is C12H17ClN2. The van der Waals surface area contributed by atoms with Crippen LogP contribution in [0, 0.1) is 0 Å². The second-order valence-corrected chi connectivity index (χ2v) is 4.57. The normalized spacial score (nSPS) is 16.9. The maximum atomic E-state index is 5.98. The Bertz CT molecular complexity index is 332. The van der Waals surface area contributed by atoms with E-state index in [9.17, 15) is 0 Å². The Morgan fingerprint density at radius 3 is 2.73 bits per heavy atom. The topological polar surface area (TPSA) is 38.0 Å².